The quantitative estimate of drug-likeness (QED) is 0.384. The van der Waals surface area contributed by atoms with Gasteiger partial charge in [-0.1, -0.05) is 37.6 Å². The van der Waals surface area contributed by atoms with E-state index in [0.29, 0.717) is 30.9 Å². The Morgan fingerprint density at radius 2 is 1.72 bits per heavy atom. The number of amides is 2. The first kappa shape index (κ1) is 29.2. The fraction of sp³-hybridized carbons (Fsp3) is 0.481. The minimum absolute atomic E-state index is 0.112. The molecule has 0 saturated heterocycles. The molecule has 8 nitrogen and oxygen atoms in total. The van der Waals surface area contributed by atoms with Crippen molar-refractivity contribution in [2.24, 2.45) is 0 Å². The van der Waals surface area contributed by atoms with Crippen molar-refractivity contribution >= 4 is 27.5 Å². The van der Waals surface area contributed by atoms with Crippen LogP contribution in [-0.4, -0.2) is 57.6 Å². The Kier molecular flexibility index (Phi) is 11.2. The zero-order valence-electron chi connectivity index (χ0n) is 22.0. The number of sulfonamides is 1. The monoisotopic (exact) mass is 517 g/mol. The van der Waals surface area contributed by atoms with Crippen molar-refractivity contribution in [2.75, 3.05) is 30.8 Å². The third-order valence-electron chi connectivity index (χ3n) is 6.11. The molecule has 1 N–H and O–H groups in total. The van der Waals surface area contributed by atoms with E-state index >= 15 is 0 Å². The van der Waals surface area contributed by atoms with Crippen LogP contribution < -0.4 is 14.4 Å². The number of aryl methyl sites for hydroxylation is 1. The third-order valence-corrected chi connectivity index (χ3v) is 7.31. The lowest BCUT2D eigenvalue weighted by Crippen LogP contribution is -2.48. The molecule has 1 atom stereocenters. The van der Waals surface area contributed by atoms with Crippen LogP contribution in [0, 0.1) is 6.92 Å². The normalized spacial score (nSPS) is 12.0. The number of nitrogens with one attached hydrogen (secondary N) is 1. The van der Waals surface area contributed by atoms with Crippen LogP contribution in [0.5, 0.6) is 5.75 Å². The number of unbranched alkanes of at least 4 members (excludes halogenated alkanes) is 1. The van der Waals surface area contributed by atoms with Gasteiger partial charge in [-0.2, -0.15) is 0 Å². The molecular formula is C27H39N3O5S. The average Bonchev–Trinajstić information content (AvgIpc) is 2.85. The maximum absolute atomic E-state index is 13.3. The van der Waals surface area contributed by atoms with Gasteiger partial charge in [-0.05, 0) is 62.1 Å². The lowest BCUT2D eigenvalue weighted by molar-refractivity contribution is -0.140. The van der Waals surface area contributed by atoms with Crippen molar-refractivity contribution in [1.29, 1.82) is 0 Å². The largest absolute Gasteiger partial charge is 0.497 e. The first-order chi connectivity index (χ1) is 17.1. The molecule has 0 heterocycles. The number of hydrogen-bond acceptors (Lipinski definition) is 5. The second kappa shape index (κ2) is 13.9. The SMILES string of the molecule is CCCCNC(=O)[C@@H](C)N(Cc1ccccc1C)C(=O)CCCN(c1ccc(OC)cc1)S(C)(=O)=O. The summed E-state index contributed by atoms with van der Waals surface area (Å²) in [5, 5.41) is 2.91. The Morgan fingerprint density at radius 3 is 2.31 bits per heavy atom. The number of hydrogen-bond donors (Lipinski definition) is 1. The number of benzene rings is 2. The fourth-order valence-electron chi connectivity index (χ4n) is 3.84. The number of nitrogens with zero attached hydrogens (tertiary/aromatic N) is 2. The number of rotatable bonds is 14. The highest BCUT2D eigenvalue weighted by Gasteiger charge is 2.27. The summed E-state index contributed by atoms with van der Waals surface area (Å²) in [6.07, 6.45) is 3.40. The molecule has 2 aromatic carbocycles. The van der Waals surface area contributed by atoms with Crippen molar-refractivity contribution in [1.82, 2.24) is 10.2 Å². The first-order valence-electron chi connectivity index (χ1n) is 12.3. The van der Waals surface area contributed by atoms with Crippen LogP contribution in [0.2, 0.25) is 0 Å². The third kappa shape index (κ3) is 8.55. The molecule has 9 heteroatoms. The van der Waals surface area contributed by atoms with Gasteiger partial charge in [0.2, 0.25) is 21.8 Å². The number of methoxy groups -OCH3 is 1. The van der Waals surface area contributed by atoms with Gasteiger partial charge in [0.15, 0.2) is 0 Å². The maximum Gasteiger partial charge on any atom is 0.242 e. The molecule has 2 aromatic rings. The predicted octanol–water partition coefficient (Wildman–Crippen LogP) is 3.88. The summed E-state index contributed by atoms with van der Waals surface area (Å²) in [5.41, 5.74) is 2.51. The fourth-order valence-corrected chi connectivity index (χ4v) is 4.81. The second-order valence-electron chi connectivity index (χ2n) is 8.91. The maximum atomic E-state index is 13.3. The van der Waals surface area contributed by atoms with Gasteiger partial charge in [0, 0.05) is 26.1 Å². The van der Waals surface area contributed by atoms with Crippen LogP contribution in [0.3, 0.4) is 0 Å². The molecule has 0 aliphatic rings. The highest BCUT2D eigenvalue weighted by molar-refractivity contribution is 7.92. The van der Waals surface area contributed by atoms with E-state index in [9.17, 15) is 18.0 Å². The summed E-state index contributed by atoms with van der Waals surface area (Å²) in [5.74, 6) is 0.237. The van der Waals surface area contributed by atoms with Crippen molar-refractivity contribution < 1.29 is 22.7 Å². The zero-order chi connectivity index (χ0) is 26.7. The van der Waals surface area contributed by atoms with E-state index in [1.165, 1.54) is 4.31 Å². The van der Waals surface area contributed by atoms with Gasteiger partial charge in [0.25, 0.3) is 0 Å². The summed E-state index contributed by atoms with van der Waals surface area (Å²) >= 11 is 0. The van der Waals surface area contributed by atoms with Gasteiger partial charge in [-0.15, -0.1) is 0 Å². The lowest BCUT2D eigenvalue weighted by atomic mass is 10.1. The van der Waals surface area contributed by atoms with Crippen LogP contribution in [0.4, 0.5) is 5.69 Å². The minimum atomic E-state index is -3.55. The molecule has 0 aromatic heterocycles. The van der Waals surface area contributed by atoms with Crippen LogP contribution in [0.1, 0.15) is 50.7 Å². The topological polar surface area (TPSA) is 96.0 Å². The summed E-state index contributed by atoms with van der Waals surface area (Å²) in [7, 11) is -2.00. The van der Waals surface area contributed by atoms with Gasteiger partial charge in [-0.3, -0.25) is 13.9 Å². The van der Waals surface area contributed by atoms with Crippen molar-refractivity contribution in [3.05, 3.63) is 59.7 Å². The number of ether oxygens (including phenoxy) is 1. The van der Waals surface area contributed by atoms with Crippen molar-refractivity contribution in [3.8, 4) is 5.75 Å². The van der Waals surface area contributed by atoms with E-state index in [0.717, 1.165) is 30.2 Å². The minimum Gasteiger partial charge on any atom is -0.497 e. The molecule has 0 bridgehead atoms. The predicted molar refractivity (Wildman–Crippen MR) is 144 cm³/mol. The summed E-state index contributed by atoms with van der Waals surface area (Å²) in [4.78, 5) is 27.7. The Bertz CT molecular complexity index is 1100. The average molecular weight is 518 g/mol. The number of anilines is 1. The van der Waals surface area contributed by atoms with Crippen LogP contribution in [-0.2, 0) is 26.2 Å². The highest BCUT2D eigenvalue weighted by Crippen LogP contribution is 2.22. The van der Waals surface area contributed by atoms with E-state index in [1.807, 2.05) is 31.2 Å². The van der Waals surface area contributed by atoms with Crippen LogP contribution in [0.25, 0.3) is 0 Å². The van der Waals surface area contributed by atoms with E-state index < -0.39 is 16.1 Å². The summed E-state index contributed by atoms with van der Waals surface area (Å²) in [6.45, 7) is 6.78. The zero-order valence-corrected chi connectivity index (χ0v) is 22.8. The summed E-state index contributed by atoms with van der Waals surface area (Å²) < 4.78 is 31.3. The second-order valence-corrected chi connectivity index (χ2v) is 10.8. The number of carbonyl (C=O) groups is 2. The molecule has 36 heavy (non-hydrogen) atoms. The lowest BCUT2D eigenvalue weighted by Gasteiger charge is -2.30. The molecule has 0 fully saturated rings. The van der Waals surface area contributed by atoms with E-state index in [2.05, 4.69) is 12.2 Å². The van der Waals surface area contributed by atoms with Gasteiger partial charge >= 0.3 is 0 Å². The Balaban J connectivity index is 2.15. The Labute approximate surface area is 215 Å². The van der Waals surface area contributed by atoms with Crippen molar-refractivity contribution in [3.63, 3.8) is 0 Å². The molecule has 0 aliphatic heterocycles. The number of carbonyl (C=O) groups excluding carboxylic acids is 2. The standard InChI is InChI=1S/C27H39N3O5S/c1-6-7-18-28-27(32)22(3)29(20-23-12-9-8-11-21(23)2)26(31)13-10-19-30(36(5,33)34)24-14-16-25(35-4)17-15-24/h8-9,11-12,14-17,22H,6-7,10,13,18-20H2,1-5H3,(H,28,32)/t22-/m1/s1. The Hall–Kier alpha value is -3.07. The molecule has 0 saturated carbocycles. The van der Waals surface area contributed by atoms with E-state index in [1.54, 1.807) is 43.2 Å². The van der Waals surface area contributed by atoms with Gasteiger partial charge < -0.3 is 15.0 Å². The Morgan fingerprint density at radius 1 is 1.06 bits per heavy atom. The smallest absolute Gasteiger partial charge is 0.242 e. The molecule has 0 unspecified atom stereocenters. The van der Waals surface area contributed by atoms with Gasteiger partial charge in [0.1, 0.15) is 11.8 Å². The molecular weight excluding hydrogens is 478 g/mol. The van der Waals surface area contributed by atoms with Crippen molar-refractivity contribution in [2.45, 2.75) is 59.0 Å². The molecule has 2 amide bonds. The first-order valence-corrected chi connectivity index (χ1v) is 14.2. The van der Waals surface area contributed by atoms with Crippen LogP contribution in [0.15, 0.2) is 48.5 Å². The molecule has 198 valence electrons. The van der Waals surface area contributed by atoms with E-state index in [-0.39, 0.29) is 24.8 Å². The van der Waals surface area contributed by atoms with Gasteiger partial charge in [-0.25, -0.2) is 8.42 Å². The van der Waals surface area contributed by atoms with Gasteiger partial charge in [0.05, 0.1) is 19.1 Å². The molecule has 2 rings (SSSR count). The highest BCUT2D eigenvalue weighted by atomic mass is 32.2. The summed E-state index contributed by atoms with van der Waals surface area (Å²) in [6, 6.07) is 13.9. The van der Waals surface area contributed by atoms with E-state index in [4.69, 9.17) is 4.74 Å². The molecule has 0 aliphatic carbocycles. The molecule has 0 radical (unpaired) electrons. The van der Waals surface area contributed by atoms with Crippen LogP contribution >= 0.6 is 0 Å². The molecule has 0 spiro atoms.